The predicted octanol–water partition coefficient (Wildman–Crippen LogP) is 5.22. The summed E-state index contributed by atoms with van der Waals surface area (Å²) < 4.78 is 27.1. The molecule has 3 rings (SSSR count). The lowest BCUT2D eigenvalue weighted by molar-refractivity contribution is -0.115. The normalized spacial score (nSPS) is 10.6. The summed E-state index contributed by atoms with van der Waals surface area (Å²) >= 11 is 3.13. The maximum atomic E-state index is 14.0. The van der Waals surface area contributed by atoms with Gasteiger partial charge in [0.2, 0.25) is 5.91 Å². The van der Waals surface area contributed by atoms with Crippen molar-refractivity contribution < 1.29 is 18.4 Å². The van der Waals surface area contributed by atoms with Gasteiger partial charge in [0, 0.05) is 29.8 Å². The fourth-order valence-corrected chi connectivity index (χ4v) is 3.24. The van der Waals surface area contributed by atoms with Crippen molar-refractivity contribution in [2.45, 2.75) is 0 Å². The van der Waals surface area contributed by atoms with Crippen LogP contribution in [0.15, 0.2) is 66.7 Å². The first kappa shape index (κ1) is 19.9. The minimum atomic E-state index is -0.667. The van der Waals surface area contributed by atoms with E-state index in [1.165, 1.54) is 17.0 Å². The van der Waals surface area contributed by atoms with Crippen LogP contribution in [0.2, 0.25) is 0 Å². The summed E-state index contributed by atoms with van der Waals surface area (Å²) in [6.45, 7) is 0. The highest BCUT2D eigenvalue weighted by Crippen LogP contribution is 2.26. The third-order valence-electron chi connectivity index (χ3n) is 4.39. The van der Waals surface area contributed by atoms with E-state index in [0.717, 1.165) is 6.07 Å². The molecule has 0 radical (unpaired) electrons. The van der Waals surface area contributed by atoms with E-state index in [0.29, 0.717) is 22.4 Å². The third-order valence-corrected chi connectivity index (χ3v) is 4.87. The Labute approximate surface area is 169 Å². The molecule has 0 atom stereocenters. The van der Waals surface area contributed by atoms with Crippen LogP contribution >= 0.6 is 15.9 Å². The number of alkyl halides is 1. The number of halogens is 3. The zero-order chi connectivity index (χ0) is 20.3. The fourth-order valence-electron chi connectivity index (χ4n) is 2.86. The molecule has 3 nitrogen and oxygen atoms in total. The topological polar surface area (TPSA) is 37.4 Å². The number of carbonyl (C=O) groups excluding carboxylic acids is 2. The van der Waals surface area contributed by atoms with Gasteiger partial charge in [-0.05, 0) is 29.8 Å². The van der Waals surface area contributed by atoms with Crippen LogP contribution in [-0.4, -0.2) is 24.1 Å². The van der Waals surface area contributed by atoms with Gasteiger partial charge in [-0.1, -0.05) is 52.3 Å². The van der Waals surface area contributed by atoms with E-state index in [1.807, 2.05) is 0 Å². The van der Waals surface area contributed by atoms with Crippen molar-refractivity contribution in [2.24, 2.45) is 0 Å². The van der Waals surface area contributed by atoms with Gasteiger partial charge in [0.1, 0.15) is 11.6 Å². The summed E-state index contributed by atoms with van der Waals surface area (Å²) in [7, 11) is 1.61. The van der Waals surface area contributed by atoms with Gasteiger partial charge >= 0.3 is 0 Å². The predicted molar refractivity (Wildman–Crippen MR) is 109 cm³/mol. The number of carbonyl (C=O) groups is 2. The molecule has 0 saturated carbocycles. The number of nitrogens with zero attached hydrogens (tertiary/aromatic N) is 1. The molecule has 0 aliphatic heterocycles. The van der Waals surface area contributed by atoms with Gasteiger partial charge in [-0.25, -0.2) is 8.78 Å². The van der Waals surface area contributed by atoms with E-state index in [-0.39, 0.29) is 22.6 Å². The summed E-state index contributed by atoms with van der Waals surface area (Å²) in [5.41, 5.74) is 2.08. The quantitative estimate of drug-likeness (QED) is 0.400. The van der Waals surface area contributed by atoms with Crippen LogP contribution in [0, 0.1) is 11.6 Å². The Kier molecular flexibility index (Phi) is 5.99. The van der Waals surface area contributed by atoms with Crippen molar-refractivity contribution in [1.82, 2.24) is 0 Å². The zero-order valence-corrected chi connectivity index (χ0v) is 16.5. The molecule has 3 aromatic carbocycles. The molecule has 0 aliphatic carbocycles. The first-order valence-corrected chi connectivity index (χ1v) is 9.56. The van der Waals surface area contributed by atoms with Gasteiger partial charge in [0.15, 0.2) is 5.78 Å². The molecule has 0 saturated heterocycles. The maximum Gasteiger partial charge on any atom is 0.237 e. The van der Waals surface area contributed by atoms with Crippen molar-refractivity contribution in [3.63, 3.8) is 0 Å². The largest absolute Gasteiger partial charge is 0.314 e. The summed E-state index contributed by atoms with van der Waals surface area (Å²) in [5.74, 6) is -1.75. The average molecular weight is 444 g/mol. The number of anilines is 1. The number of hydrogen-bond donors (Lipinski definition) is 0. The second-order valence-corrected chi connectivity index (χ2v) is 6.69. The van der Waals surface area contributed by atoms with Crippen molar-refractivity contribution >= 4 is 33.3 Å². The van der Waals surface area contributed by atoms with Gasteiger partial charge in [0.05, 0.1) is 11.0 Å². The molecule has 0 unspecified atom stereocenters. The smallest absolute Gasteiger partial charge is 0.237 e. The summed E-state index contributed by atoms with van der Waals surface area (Å²) in [6, 6.07) is 16.6. The van der Waals surface area contributed by atoms with Crippen molar-refractivity contribution in [3.8, 4) is 11.1 Å². The number of hydrogen-bond acceptors (Lipinski definition) is 2. The maximum absolute atomic E-state index is 14.0. The Morgan fingerprint density at radius 3 is 2.29 bits per heavy atom. The molecule has 6 heteroatoms. The molecular weight excluding hydrogens is 428 g/mol. The lowest BCUT2D eigenvalue weighted by Crippen LogP contribution is -2.28. The average Bonchev–Trinajstić information content (AvgIpc) is 2.72. The molecule has 142 valence electrons. The van der Waals surface area contributed by atoms with E-state index < -0.39 is 11.6 Å². The molecule has 0 spiro atoms. The van der Waals surface area contributed by atoms with E-state index in [9.17, 15) is 18.4 Å². The molecule has 0 aromatic heterocycles. The van der Waals surface area contributed by atoms with E-state index in [4.69, 9.17) is 0 Å². The molecule has 0 aliphatic rings. The van der Waals surface area contributed by atoms with Crippen LogP contribution in [0.3, 0.4) is 0 Å². The highest BCUT2D eigenvalue weighted by molar-refractivity contribution is 9.09. The molecule has 28 heavy (non-hydrogen) atoms. The number of amides is 1. The van der Waals surface area contributed by atoms with Crippen molar-refractivity contribution in [1.29, 1.82) is 0 Å². The van der Waals surface area contributed by atoms with Gasteiger partial charge in [-0.15, -0.1) is 0 Å². The Morgan fingerprint density at radius 2 is 1.64 bits per heavy atom. The minimum Gasteiger partial charge on any atom is -0.314 e. The molecule has 1 amide bonds. The monoisotopic (exact) mass is 443 g/mol. The lowest BCUT2D eigenvalue weighted by Gasteiger charge is -2.19. The van der Waals surface area contributed by atoms with Crippen LogP contribution in [0.1, 0.15) is 15.9 Å². The summed E-state index contributed by atoms with van der Waals surface area (Å²) in [6.07, 6.45) is 0. The standard InChI is InChI=1S/C22H16BrF2NO2/c1-26(21(27)13-23)20-5-3-2-4-18(20)22(28)15-8-6-14(7-9-15)17-11-10-16(24)12-19(17)25/h2-12H,13H2,1H3. The molecule has 0 N–H and O–H groups in total. The summed E-state index contributed by atoms with van der Waals surface area (Å²) in [5, 5.41) is 0.143. The first-order chi connectivity index (χ1) is 13.4. The first-order valence-electron chi connectivity index (χ1n) is 8.44. The lowest BCUT2D eigenvalue weighted by atomic mass is 9.98. The second-order valence-electron chi connectivity index (χ2n) is 6.13. The Balaban J connectivity index is 1.93. The molecule has 0 heterocycles. The Hall–Kier alpha value is -2.86. The molecular formula is C22H16BrF2NO2. The SMILES string of the molecule is CN(C(=O)CBr)c1ccccc1C(=O)c1ccc(-c2ccc(F)cc2F)cc1. The number of rotatable bonds is 5. The van der Waals surface area contributed by atoms with Crippen LogP contribution < -0.4 is 4.90 Å². The Bertz CT molecular complexity index is 1030. The van der Waals surface area contributed by atoms with Crippen LogP contribution in [-0.2, 0) is 4.79 Å². The van der Waals surface area contributed by atoms with E-state index in [2.05, 4.69) is 15.9 Å². The fraction of sp³-hybridized carbons (Fsp3) is 0.0909. The number of para-hydroxylation sites is 1. The van der Waals surface area contributed by atoms with Crippen LogP contribution in [0.4, 0.5) is 14.5 Å². The van der Waals surface area contributed by atoms with Crippen LogP contribution in [0.25, 0.3) is 11.1 Å². The zero-order valence-electron chi connectivity index (χ0n) is 15.0. The van der Waals surface area contributed by atoms with Crippen molar-refractivity contribution in [3.05, 3.63) is 89.5 Å². The second kappa shape index (κ2) is 8.44. The van der Waals surface area contributed by atoms with E-state index in [1.54, 1.807) is 55.6 Å². The van der Waals surface area contributed by atoms with Gasteiger partial charge in [0.25, 0.3) is 0 Å². The molecule has 3 aromatic rings. The van der Waals surface area contributed by atoms with Gasteiger partial charge in [-0.2, -0.15) is 0 Å². The highest BCUT2D eigenvalue weighted by atomic mass is 79.9. The van der Waals surface area contributed by atoms with E-state index >= 15 is 0 Å². The number of ketones is 1. The molecule has 0 fully saturated rings. The number of benzene rings is 3. The van der Waals surface area contributed by atoms with Gasteiger partial charge < -0.3 is 4.90 Å². The minimum absolute atomic E-state index is 0.143. The summed E-state index contributed by atoms with van der Waals surface area (Å²) in [4.78, 5) is 26.4. The third kappa shape index (κ3) is 4.02. The highest BCUT2D eigenvalue weighted by Gasteiger charge is 2.19. The Morgan fingerprint density at radius 1 is 0.964 bits per heavy atom. The molecule has 0 bridgehead atoms. The van der Waals surface area contributed by atoms with Gasteiger partial charge in [-0.3, -0.25) is 9.59 Å². The van der Waals surface area contributed by atoms with Crippen molar-refractivity contribution in [2.75, 3.05) is 17.3 Å². The van der Waals surface area contributed by atoms with Crippen LogP contribution in [0.5, 0.6) is 0 Å².